The van der Waals surface area contributed by atoms with Crippen LogP contribution in [0.4, 0.5) is 0 Å². The molecule has 5 rings (SSSR count). The Kier molecular flexibility index (Phi) is 1.56. The minimum absolute atomic E-state index is 0.409. The van der Waals surface area contributed by atoms with Crippen molar-refractivity contribution in [1.82, 2.24) is 0 Å². The van der Waals surface area contributed by atoms with Gasteiger partial charge in [-0.2, -0.15) is 0 Å². The lowest BCUT2D eigenvalue weighted by atomic mass is 9.61. The standard InChI is InChI=1S/C16H20O2/c17-13-15(9-5-1-2-6-10(9)15)14(18)16(13)11-7-3-4-8-12(11)16/h9-12H,1-8H2. The molecule has 0 aromatic rings. The van der Waals surface area contributed by atoms with Gasteiger partial charge in [-0.1, -0.05) is 25.7 Å². The lowest BCUT2D eigenvalue weighted by molar-refractivity contribution is -0.159. The molecule has 0 aliphatic heterocycles. The van der Waals surface area contributed by atoms with E-state index in [1.54, 1.807) is 0 Å². The summed E-state index contributed by atoms with van der Waals surface area (Å²) in [6, 6.07) is 0. The molecule has 4 unspecified atom stereocenters. The maximum absolute atomic E-state index is 12.9. The van der Waals surface area contributed by atoms with E-state index in [4.69, 9.17) is 0 Å². The summed E-state index contributed by atoms with van der Waals surface area (Å²) in [4.78, 5) is 25.7. The fourth-order valence-corrected chi connectivity index (χ4v) is 6.42. The van der Waals surface area contributed by atoms with Gasteiger partial charge in [0.1, 0.15) is 0 Å². The number of hydrogen-bond donors (Lipinski definition) is 0. The second-order valence-electron chi connectivity index (χ2n) is 7.39. The van der Waals surface area contributed by atoms with E-state index in [-0.39, 0.29) is 0 Å². The van der Waals surface area contributed by atoms with Gasteiger partial charge in [0.25, 0.3) is 0 Å². The van der Waals surface area contributed by atoms with Crippen molar-refractivity contribution in [3.8, 4) is 0 Å². The van der Waals surface area contributed by atoms with Crippen molar-refractivity contribution in [2.45, 2.75) is 51.4 Å². The van der Waals surface area contributed by atoms with Crippen molar-refractivity contribution >= 4 is 11.6 Å². The van der Waals surface area contributed by atoms with Crippen LogP contribution in [0.15, 0.2) is 0 Å². The fraction of sp³-hybridized carbons (Fsp3) is 0.875. The zero-order valence-corrected chi connectivity index (χ0v) is 10.8. The van der Waals surface area contributed by atoms with Gasteiger partial charge in [0, 0.05) is 0 Å². The highest BCUT2D eigenvalue weighted by molar-refractivity contribution is 6.36. The van der Waals surface area contributed by atoms with E-state index in [1.165, 1.54) is 25.7 Å². The van der Waals surface area contributed by atoms with Crippen LogP contribution in [0.5, 0.6) is 0 Å². The largest absolute Gasteiger partial charge is 0.297 e. The normalized spacial score (nSPS) is 60.2. The van der Waals surface area contributed by atoms with Crippen molar-refractivity contribution in [2.75, 3.05) is 0 Å². The zero-order valence-electron chi connectivity index (χ0n) is 10.8. The average molecular weight is 244 g/mol. The first-order chi connectivity index (χ1) is 8.76. The first kappa shape index (κ1) is 10.2. The molecule has 0 radical (unpaired) electrons. The van der Waals surface area contributed by atoms with E-state index in [9.17, 15) is 9.59 Å². The Balaban J connectivity index is 1.51. The Morgan fingerprint density at radius 1 is 0.611 bits per heavy atom. The summed E-state index contributed by atoms with van der Waals surface area (Å²) in [5, 5.41) is 0. The van der Waals surface area contributed by atoms with Gasteiger partial charge in [0.15, 0.2) is 11.6 Å². The van der Waals surface area contributed by atoms with Crippen LogP contribution < -0.4 is 0 Å². The molecule has 0 aromatic carbocycles. The Hall–Kier alpha value is -0.660. The quantitative estimate of drug-likeness (QED) is 0.614. The van der Waals surface area contributed by atoms with Gasteiger partial charge in [-0.25, -0.2) is 0 Å². The number of fused-ring (bicyclic) bond motifs is 6. The maximum atomic E-state index is 12.9. The second kappa shape index (κ2) is 2.76. The first-order valence-electron chi connectivity index (χ1n) is 7.86. The van der Waals surface area contributed by atoms with Crippen LogP contribution in [0.2, 0.25) is 0 Å². The van der Waals surface area contributed by atoms with Crippen LogP contribution in [0, 0.1) is 34.5 Å². The number of carbonyl (C=O) groups is 2. The van der Waals surface area contributed by atoms with Crippen molar-refractivity contribution in [3.63, 3.8) is 0 Å². The van der Waals surface area contributed by atoms with Crippen LogP contribution in [0.3, 0.4) is 0 Å². The van der Waals surface area contributed by atoms with Crippen LogP contribution in [0.1, 0.15) is 51.4 Å². The molecule has 5 aliphatic carbocycles. The van der Waals surface area contributed by atoms with E-state index in [0.29, 0.717) is 35.2 Å². The Bertz CT molecular complexity index is 393. The smallest absolute Gasteiger partial charge is 0.161 e. The van der Waals surface area contributed by atoms with Crippen LogP contribution in [-0.4, -0.2) is 11.6 Å². The van der Waals surface area contributed by atoms with Crippen molar-refractivity contribution < 1.29 is 9.59 Å². The minimum Gasteiger partial charge on any atom is -0.297 e. The fourth-order valence-electron chi connectivity index (χ4n) is 6.42. The summed E-state index contributed by atoms with van der Waals surface area (Å²) in [7, 11) is 0. The molecule has 0 N–H and O–H groups in total. The monoisotopic (exact) mass is 244 g/mol. The molecule has 0 heterocycles. The number of rotatable bonds is 0. The molecular formula is C16H20O2. The Labute approximate surface area is 108 Å². The average Bonchev–Trinajstić information content (AvgIpc) is 3.30. The highest BCUT2D eigenvalue weighted by Crippen LogP contribution is 2.84. The number of hydrogen-bond acceptors (Lipinski definition) is 2. The lowest BCUT2D eigenvalue weighted by Crippen LogP contribution is -2.56. The summed E-state index contributed by atoms with van der Waals surface area (Å²) in [6.45, 7) is 0. The third-order valence-electron chi connectivity index (χ3n) is 7.16. The number of ketones is 2. The van der Waals surface area contributed by atoms with Gasteiger partial charge in [-0.05, 0) is 49.4 Å². The summed E-state index contributed by atoms with van der Waals surface area (Å²) >= 11 is 0. The molecule has 5 aliphatic rings. The van der Waals surface area contributed by atoms with E-state index < -0.39 is 10.8 Å². The highest BCUT2D eigenvalue weighted by Gasteiger charge is 2.94. The first-order valence-corrected chi connectivity index (χ1v) is 7.86. The Morgan fingerprint density at radius 2 is 0.889 bits per heavy atom. The van der Waals surface area contributed by atoms with Crippen LogP contribution >= 0.6 is 0 Å². The van der Waals surface area contributed by atoms with E-state index in [0.717, 1.165) is 25.7 Å². The molecular weight excluding hydrogens is 224 g/mol. The summed E-state index contributed by atoms with van der Waals surface area (Å²) in [5.74, 6) is 2.74. The van der Waals surface area contributed by atoms with Gasteiger partial charge in [-0.15, -0.1) is 0 Å². The van der Waals surface area contributed by atoms with Crippen LogP contribution in [-0.2, 0) is 9.59 Å². The zero-order chi connectivity index (χ0) is 12.1. The third kappa shape index (κ3) is 0.739. The number of Topliss-reactive ketones (excluding diaryl/α,β-unsaturated/α-hetero) is 2. The molecule has 0 amide bonds. The van der Waals surface area contributed by atoms with Gasteiger partial charge >= 0.3 is 0 Å². The summed E-state index contributed by atoms with van der Waals surface area (Å²) in [5.41, 5.74) is -0.818. The van der Waals surface area contributed by atoms with Gasteiger partial charge in [0.2, 0.25) is 0 Å². The van der Waals surface area contributed by atoms with Gasteiger partial charge < -0.3 is 0 Å². The van der Waals surface area contributed by atoms with Gasteiger partial charge in [0.05, 0.1) is 10.8 Å². The molecule has 0 saturated heterocycles. The summed E-state index contributed by atoms with van der Waals surface area (Å²) in [6.07, 6.45) is 9.54. The third-order valence-corrected chi connectivity index (χ3v) is 7.16. The summed E-state index contributed by atoms with van der Waals surface area (Å²) < 4.78 is 0. The lowest BCUT2D eigenvalue weighted by Gasteiger charge is -2.36. The molecule has 4 atom stereocenters. The van der Waals surface area contributed by atoms with E-state index in [2.05, 4.69) is 0 Å². The van der Waals surface area contributed by atoms with E-state index in [1.807, 2.05) is 0 Å². The molecule has 2 nitrogen and oxygen atoms in total. The van der Waals surface area contributed by atoms with E-state index >= 15 is 0 Å². The highest BCUT2D eigenvalue weighted by atomic mass is 16.2. The molecule has 96 valence electrons. The Morgan fingerprint density at radius 3 is 1.17 bits per heavy atom. The topological polar surface area (TPSA) is 34.1 Å². The molecule has 5 saturated carbocycles. The molecule has 5 fully saturated rings. The van der Waals surface area contributed by atoms with Crippen molar-refractivity contribution in [3.05, 3.63) is 0 Å². The van der Waals surface area contributed by atoms with Gasteiger partial charge in [-0.3, -0.25) is 9.59 Å². The predicted octanol–water partition coefficient (Wildman–Crippen LogP) is 2.75. The minimum atomic E-state index is -0.409. The molecule has 0 bridgehead atoms. The predicted molar refractivity (Wildman–Crippen MR) is 65.8 cm³/mol. The maximum Gasteiger partial charge on any atom is 0.161 e. The van der Waals surface area contributed by atoms with Crippen LogP contribution in [0.25, 0.3) is 0 Å². The number of carbonyl (C=O) groups excluding carboxylic acids is 2. The second-order valence-corrected chi connectivity index (χ2v) is 7.39. The SMILES string of the molecule is O=C1C2(C(=O)C13C1CCCCC13)C1CCCCC12. The molecule has 0 aromatic heterocycles. The molecule has 2 heteroatoms. The molecule has 2 spiro atoms. The molecule has 18 heavy (non-hydrogen) atoms. The van der Waals surface area contributed by atoms with Crippen molar-refractivity contribution in [2.24, 2.45) is 34.5 Å². The van der Waals surface area contributed by atoms with Crippen molar-refractivity contribution in [1.29, 1.82) is 0 Å².